The number of aliphatic hydroxyl groups excluding tert-OH is 1. The maximum atomic E-state index is 15.0. The van der Waals surface area contributed by atoms with Gasteiger partial charge in [0.25, 0.3) is 5.91 Å². The molecule has 0 aliphatic carbocycles. The zero-order chi connectivity index (χ0) is 27.7. The van der Waals surface area contributed by atoms with E-state index in [1.54, 1.807) is 24.3 Å². The van der Waals surface area contributed by atoms with E-state index in [-0.39, 0.29) is 30.8 Å². The maximum Gasteiger partial charge on any atom is 0.257 e. The summed E-state index contributed by atoms with van der Waals surface area (Å²) < 4.78 is 20.9. The molecule has 9 nitrogen and oxygen atoms in total. The summed E-state index contributed by atoms with van der Waals surface area (Å²) in [5, 5.41) is 16.5. The number of carbonyl (C=O) groups excluding carboxylic acids is 3. The molecule has 2 unspecified atom stereocenters. The molecule has 0 saturated carbocycles. The van der Waals surface area contributed by atoms with E-state index in [1.165, 1.54) is 6.07 Å². The van der Waals surface area contributed by atoms with Gasteiger partial charge in [0.2, 0.25) is 11.8 Å². The Kier molecular flexibility index (Phi) is 7.70. The summed E-state index contributed by atoms with van der Waals surface area (Å²) in [5.74, 6) is -1.73. The molecular formula is C29H35FN4O5. The summed E-state index contributed by atoms with van der Waals surface area (Å²) in [6.45, 7) is 7.37. The van der Waals surface area contributed by atoms with Crippen molar-refractivity contribution in [1.29, 1.82) is 0 Å². The van der Waals surface area contributed by atoms with E-state index in [0.29, 0.717) is 35.5 Å². The van der Waals surface area contributed by atoms with Crippen molar-refractivity contribution in [3.05, 3.63) is 64.5 Å². The maximum absolute atomic E-state index is 15.0. The van der Waals surface area contributed by atoms with Crippen LogP contribution in [-0.4, -0.2) is 64.0 Å². The third-order valence-electron chi connectivity index (χ3n) is 8.04. The highest BCUT2D eigenvalue weighted by atomic mass is 19.1. The molecule has 3 amide bonds. The second kappa shape index (κ2) is 11.0. The van der Waals surface area contributed by atoms with Gasteiger partial charge in [0.05, 0.1) is 5.60 Å². The van der Waals surface area contributed by atoms with Crippen LogP contribution in [0, 0.1) is 5.82 Å². The van der Waals surface area contributed by atoms with Crippen molar-refractivity contribution in [1.82, 2.24) is 15.1 Å². The summed E-state index contributed by atoms with van der Waals surface area (Å²) in [7, 11) is 0. The minimum absolute atomic E-state index is 0.0976. The van der Waals surface area contributed by atoms with Crippen LogP contribution >= 0.6 is 0 Å². The number of likely N-dealkylation sites (tertiary alicyclic amines) is 1. The highest BCUT2D eigenvalue weighted by Crippen LogP contribution is 2.39. The molecule has 5 rings (SSSR count). The van der Waals surface area contributed by atoms with Crippen LogP contribution in [0.1, 0.15) is 72.8 Å². The van der Waals surface area contributed by atoms with E-state index in [1.807, 2.05) is 13.0 Å². The van der Waals surface area contributed by atoms with Crippen molar-refractivity contribution >= 4 is 23.4 Å². The highest BCUT2D eigenvalue weighted by Gasteiger charge is 2.45. The summed E-state index contributed by atoms with van der Waals surface area (Å²) in [6, 6.07) is 9.29. The van der Waals surface area contributed by atoms with Crippen LogP contribution in [0.25, 0.3) is 0 Å². The number of nitrogens with one attached hydrogen (secondary N) is 2. The first kappa shape index (κ1) is 27.2. The smallest absolute Gasteiger partial charge is 0.257 e. The molecule has 2 atom stereocenters. The fraction of sp³-hybridized carbons (Fsp3) is 0.483. The number of piperidine rings is 2. The molecule has 2 aromatic carbocycles. The predicted molar refractivity (Wildman–Crippen MR) is 142 cm³/mol. The van der Waals surface area contributed by atoms with Crippen LogP contribution in [0.2, 0.25) is 0 Å². The molecule has 10 heteroatoms. The van der Waals surface area contributed by atoms with Crippen molar-refractivity contribution in [2.45, 2.75) is 70.5 Å². The molecule has 2 aromatic rings. The van der Waals surface area contributed by atoms with E-state index in [9.17, 15) is 19.5 Å². The zero-order valence-electron chi connectivity index (χ0n) is 22.3. The molecule has 2 fully saturated rings. The number of fused-ring (bicyclic) bond motifs is 1. The third kappa shape index (κ3) is 5.54. The molecule has 208 valence electrons. The van der Waals surface area contributed by atoms with Gasteiger partial charge >= 0.3 is 0 Å². The lowest BCUT2D eigenvalue weighted by Crippen LogP contribution is -2.53. The van der Waals surface area contributed by atoms with Crippen molar-refractivity contribution in [3.63, 3.8) is 0 Å². The number of benzene rings is 2. The number of imide groups is 1. The zero-order valence-corrected chi connectivity index (χ0v) is 22.3. The van der Waals surface area contributed by atoms with Crippen LogP contribution < -0.4 is 10.6 Å². The molecule has 3 N–H and O–H groups in total. The number of carbonyl (C=O) groups is 3. The molecule has 3 aliphatic rings. The lowest BCUT2D eigenvalue weighted by molar-refractivity contribution is -0.139. The van der Waals surface area contributed by atoms with Gasteiger partial charge in [-0.1, -0.05) is 18.2 Å². The van der Waals surface area contributed by atoms with Gasteiger partial charge in [-0.3, -0.25) is 29.5 Å². The first-order chi connectivity index (χ1) is 18.7. The highest BCUT2D eigenvalue weighted by molar-refractivity contribution is 6.06. The second-order valence-electron chi connectivity index (χ2n) is 10.8. The second-order valence-corrected chi connectivity index (χ2v) is 10.8. The summed E-state index contributed by atoms with van der Waals surface area (Å²) >= 11 is 0. The molecule has 39 heavy (non-hydrogen) atoms. The standard InChI is InChI=1S/C29H35FN4O5/c1-3-39-29(2)11-13-33(14-12-29)17-19-8-7-18(15-21(19)30)16-31-22-6-4-5-20-25(22)28(38)34(27(20)37)23-9-10-24(35)32-26(23)36/h4-8,15,23,28,31,38H,3,9-14,16-17H2,1-2H3,(H,32,35,36). The molecule has 3 heterocycles. The van der Waals surface area contributed by atoms with E-state index in [0.717, 1.165) is 36.4 Å². The molecule has 0 radical (unpaired) electrons. The Morgan fingerprint density at radius 2 is 1.95 bits per heavy atom. The minimum Gasteiger partial charge on any atom is -0.381 e. The summed E-state index contributed by atoms with van der Waals surface area (Å²) in [6.07, 6.45) is 0.746. The molecule has 0 bridgehead atoms. The van der Waals surface area contributed by atoms with E-state index in [2.05, 4.69) is 22.5 Å². The van der Waals surface area contributed by atoms with Crippen LogP contribution in [0.3, 0.4) is 0 Å². The van der Waals surface area contributed by atoms with Gasteiger partial charge in [-0.25, -0.2) is 4.39 Å². The Labute approximate surface area is 227 Å². The van der Waals surface area contributed by atoms with Gasteiger partial charge in [-0.15, -0.1) is 0 Å². The SMILES string of the molecule is CCOC1(C)CCN(Cc2ccc(CNc3cccc4c3C(O)N(C3CCC(=O)NC3=O)C4=O)cc2F)CC1. The number of hydrogen-bond donors (Lipinski definition) is 3. The minimum atomic E-state index is -1.34. The largest absolute Gasteiger partial charge is 0.381 e. The van der Waals surface area contributed by atoms with Crippen LogP contribution in [0.4, 0.5) is 10.1 Å². The van der Waals surface area contributed by atoms with E-state index in [4.69, 9.17) is 4.74 Å². The van der Waals surface area contributed by atoms with Gasteiger partial charge in [0.1, 0.15) is 11.9 Å². The van der Waals surface area contributed by atoms with Crippen molar-refractivity contribution in [3.8, 4) is 0 Å². The van der Waals surface area contributed by atoms with Gasteiger partial charge in [0.15, 0.2) is 6.23 Å². The molecular weight excluding hydrogens is 503 g/mol. The molecule has 0 aromatic heterocycles. The van der Waals surface area contributed by atoms with Gasteiger partial charge in [-0.05, 0) is 56.9 Å². The Bertz CT molecular complexity index is 1280. The van der Waals surface area contributed by atoms with E-state index < -0.39 is 30.0 Å². The lowest BCUT2D eigenvalue weighted by Gasteiger charge is -2.39. The number of ether oxygens (including phenoxy) is 1. The number of rotatable bonds is 8. The predicted octanol–water partition coefficient (Wildman–Crippen LogP) is 3.08. The lowest BCUT2D eigenvalue weighted by atomic mass is 9.93. The number of hydrogen-bond acceptors (Lipinski definition) is 7. The topological polar surface area (TPSA) is 111 Å². The Morgan fingerprint density at radius 1 is 1.18 bits per heavy atom. The van der Waals surface area contributed by atoms with Gasteiger partial charge in [0, 0.05) is 61.6 Å². The monoisotopic (exact) mass is 538 g/mol. The number of anilines is 1. The van der Waals surface area contributed by atoms with Gasteiger partial charge in [-0.2, -0.15) is 0 Å². The van der Waals surface area contributed by atoms with Crippen molar-refractivity contribution < 1.29 is 28.6 Å². The normalized spacial score (nSPS) is 23.1. The summed E-state index contributed by atoms with van der Waals surface area (Å²) in [4.78, 5) is 40.4. The van der Waals surface area contributed by atoms with Crippen LogP contribution in [0.15, 0.2) is 36.4 Å². The third-order valence-corrected chi connectivity index (χ3v) is 8.04. The quantitative estimate of drug-likeness (QED) is 0.443. The Hall–Kier alpha value is -3.34. The first-order valence-corrected chi connectivity index (χ1v) is 13.5. The Balaban J connectivity index is 1.23. The number of amides is 3. The number of halogens is 1. The molecule has 2 saturated heterocycles. The number of nitrogens with zero attached hydrogens (tertiary/aromatic N) is 2. The van der Waals surface area contributed by atoms with Crippen molar-refractivity contribution in [2.24, 2.45) is 0 Å². The van der Waals surface area contributed by atoms with Crippen LogP contribution in [-0.2, 0) is 27.4 Å². The van der Waals surface area contributed by atoms with Crippen molar-refractivity contribution in [2.75, 3.05) is 25.0 Å². The van der Waals surface area contributed by atoms with E-state index >= 15 is 4.39 Å². The first-order valence-electron chi connectivity index (χ1n) is 13.5. The molecule has 3 aliphatic heterocycles. The molecule has 0 spiro atoms. The average molecular weight is 539 g/mol. The fourth-order valence-electron chi connectivity index (χ4n) is 5.78. The van der Waals surface area contributed by atoms with Crippen LogP contribution in [0.5, 0.6) is 0 Å². The average Bonchev–Trinajstić information content (AvgIpc) is 3.16. The fourth-order valence-corrected chi connectivity index (χ4v) is 5.78. The number of aliphatic hydroxyl groups is 1. The Morgan fingerprint density at radius 3 is 2.64 bits per heavy atom. The summed E-state index contributed by atoms with van der Waals surface area (Å²) in [5.41, 5.74) is 2.44. The van der Waals surface area contributed by atoms with Gasteiger partial charge < -0.3 is 15.2 Å².